The number of amides is 1. The number of hydrogen-bond donors (Lipinski definition) is 2. The number of likely N-dealkylation sites (N-methyl/N-ethyl adjacent to an activating group) is 1. The maximum Gasteiger partial charge on any atom is 0.234 e. The standard InChI is InChI=1S/C13H19ClN2O2/c1-9(2)15-12(17)8-16(3)7-10-5-4-6-11(14)13(10)18/h4-6,9,18H,7-8H2,1-3H3,(H,15,17). The third kappa shape index (κ3) is 4.55. The molecule has 0 saturated heterocycles. The Balaban J connectivity index is 2.57. The molecule has 0 fully saturated rings. The Hall–Kier alpha value is -1.26. The molecule has 4 nitrogen and oxygen atoms in total. The van der Waals surface area contributed by atoms with Gasteiger partial charge in [0.05, 0.1) is 11.6 Å². The maximum atomic E-state index is 11.6. The number of phenols is 1. The molecule has 0 aliphatic rings. The summed E-state index contributed by atoms with van der Waals surface area (Å²) in [5, 5.41) is 12.9. The van der Waals surface area contributed by atoms with Crippen LogP contribution >= 0.6 is 11.6 Å². The first kappa shape index (κ1) is 14.8. The van der Waals surface area contributed by atoms with Gasteiger partial charge in [-0.1, -0.05) is 23.7 Å². The molecule has 5 heteroatoms. The van der Waals surface area contributed by atoms with Gasteiger partial charge in [-0.05, 0) is 27.0 Å². The Labute approximate surface area is 113 Å². The maximum absolute atomic E-state index is 11.6. The zero-order chi connectivity index (χ0) is 13.7. The second-order valence-corrected chi connectivity index (χ2v) is 5.05. The highest BCUT2D eigenvalue weighted by atomic mass is 35.5. The molecule has 1 aromatic carbocycles. The van der Waals surface area contributed by atoms with Crippen molar-refractivity contribution in [1.29, 1.82) is 0 Å². The molecule has 0 spiro atoms. The molecule has 1 rings (SSSR count). The smallest absolute Gasteiger partial charge is 0.234 e. The van der Waals surface area contributed by atoms with E-state index in [1.807, 2.05) is 25.8 Å². The molecule has 0 unspecified atom stereocenters. The van der Waals surface area contributed by atoms with Crippen LogP contribution in [0.2, 0.25) is 5.02 Å². The molecule has 0 bridgehead atoms. The predicted molar refractivity (Wildman–Crippen MR) is 72.7 cm³/mol. The van der Waals surface area contributed by atoms with Crippen molar-refractivity contribution in [3.8, 4) is 5.75 Å². The lowest BCUT2D eigenvalue weighted by Gasteiger charge is -2.18. The molecule has 0 saturated carbocycles. The van der Waals surface area contributed by atoms with E-state index in [1.54, 1.807) is 18.2 Å². The first-order valence-corrected chi connectivity index (χ1v) is 6.22. The van der Waals surface area contributed by atoms with Crippen LogP contribution in [0.3, 0.4) is 0 Å². The van der Waals surface area contributed by atoms with Crippen molar-refractivity contribution in [3.05, 3.63) is 28.8 Å². The van der Waals surface area contributed by atoms with Crippen LogP contribution in [0.5, 0.6) is 5.75 Å². The molecule has 0 atom stereocenters. The SMILES string of the molecule is CC(C)NC(=O)CN(C)Cc1cccc(Cl)c1O. The second-order valence-electron chi connectivity index (χ2n) is 4.64. The fourth-order valence-electron chi connectivity index (χ4n) is 1.65. The average molecular weight is 271 g/mol. The Bertz CT molecular complexity index is 421. The van der Waals surface area contributed by atoms with E-state index < -0.39 is 0 Å². The Morgan fingerprint density at radius 3 is 2.78 bits per heavy atom. The van der Waals surface area contributed by atoms with Crippen molar-refractivity contribution in [1.82, 2.24) is 10.2 Å². The molecule has 0 aliphatic heterocycles. The molecule has 0 aromatic heterocycles. The third-order valence-corrected chi connectivity index (χ3v) is 2.68. The Morgan fingerprint density at radius 1 is 1.50 bits per heavy atom. The van der Waals surface area contributed by atoms with Crippen molar-refractivity contribution in [3.63, 3.8) is 0 Å². The highest BCUT2D eigenvalue weighted by Gasteiger charge is 2.11. The van der Waals surface area contributed by atoms with E-state index in [0.717, 1.165) is 0 Å². The number of nitrogens with zero attached hydrogens (tertiary/aromatic N) is 1. The van der Waals surface area contributed by atoms with Crippen molar-refractivity contribution in [2.24, 2.45) is 0 Å². The van der Waals surface area contributed by atoms with Gasteiger partial charge in [-0.15, -0.1) is 0 Å². The third-order valence-electron chi connectivity index (χ3n) is 2.37. The van der Waals surface area contributed by atoms with E-state index in [-0.39, 0.29) is 24.2 Å². The fourth-order valence-corrected chi connectivity index (χ4v) is 1.84. The predicted octanol–water partition coefficient (Wildman–Crippen LogP) is 2.00. The number of nitrogens with one attached hydrogen (secondary N) is 1. The monoisotopic (exact) mass is 270 g/mol. The number of para-hydroxylation sites is 1. The van der Waals surface area contributed by atoms with Crippen LogP contribution < -0.4 is 5.32 Å². The van der Waals surface area contributed by atoms with E-state index in [4.69, 9.17) is 11.6 Å². The van der Waals surface area contributed by atoms with Gasteiger partial charge in [-0.25, -0.2) is 0 Å². The molecule has 100 valence electrons. The highest BCUT2D eigenvalue weighted by Crippen LogP contribution is 2.27. The summed E-state index contributed by atoms with van der Waals surface area (Å²) in [6.07, 6.45) is 0. The molecule has 1 amide bonds. The van der Waals surface area contributed by atoms with Gasteiger partial charge in [-0.3, -0.25) is 9.69 Å². The number of halogens is 1. The van der Waals surface area contributed by atoms with Gasteiger partial charge >= 0.3 is 0 Å². The van der Waals surface area contributed by atoms with Crippen LogP contribution in [0.4, 0.5) is 0 Å². The summed E-state index contributed by atoms with van der Waals surface area (Å²) in [6.45, 7) is 4.59. The largest absolute Gasteiger partial charge is 0.506 e. The van der Waals surface area contributed by atoms with Crippen molar-refractivity contribution in [2.75, 3.05) is 13.6 Å². The summed E-state index contributed by atoms with van der Waals surface area (Å²) < 4.78 is 0. The normalized spacial score (nSPS) is 11.0. The van der Waals surface area contributed by atoms with Gasteiger partial charge < -0.3 is 10.4 Å². The van der Waals surface area contributed by atoms with Gasteiger partial charge in [0.25, 0.3) is 0 Å². The zero-order valence-electron chi connectivity index (χ0n) is 10.9. The van der Waals surface area contributed by atoms with Crippen LogP contribution in [0.25, 0.3) is 0 Å². The first-order chi connectivity index (χ1) is 8.40. The molecule has 0 aliphatic carbocycles. The molecule has 0 heterocycles. The number of hydrogen-bond acceptors (Lipinski definition) is 3. The highest BCUT2D eigenvalue weighted by molar-refractivity contribution is 6.32. The number of aromatic hydroxyl groups is 1. The molecule has 1 aromatic rings. The molecular formula is C13H19ClN2O2. The first-order valence-electron chi connectivity index (χ1n) is 5.84. The van der Waals surface area contributed by atoms with E-state index in [2.05, 4.69) is 5.32 Å². The molecular weight excluding hydrogens is 252 g/mol. The lowest BCUT2D eigenvalue weighted by Crippen LogP contribution is -2.38. The summed E-state index contributed by atoms with van der Waals surface area (Å²) in [5.74, 6) is 0.0457. The van der Waals surface area contributed by atoms with Crippen molar-refractivity contribution < 1.29 is 9.90 Å². The van der Waals surface area contributed by atoms with Gasteiger partial charge in [0, 0.05) is 18.2 Å². The minimum atomic E-state index is -0.0333. The number of carbonyl (C=O) groups excluding carboxylic acids is 1. The number of carbonyl (C=O) groups is 1. The van der Waals surface area contributed by atoms with Gasteiger partial charge in [-0.2, -0.15) is 0 Å². The minimum absolute atomic E-state index is 0.0333. The molecule has 2 N–H and O–H groups in total. The van der Waals surface area contributed by atoms with Gasteiger partial charge in [0.2, 0.25) is 5.91 Å². The lowest BCUT2D eigenvalue weighted by molar-refractivity contribution is -0.122. The second kappa shape index (κ2) is 6.61. The topological polar surface area (TPSA) is 52.6 Å². The Kier molecular flexibility index (Phi) is 5.44. The lowest BCUT2D eigenvalue weighted by atomic mass is 10.2. The quantitative estimate of drug-likeness (QED) is 0.861. The molecule has 18 heavy (non-hydrogen) atoms. The Morgan fingerprint density at radius 2 is 2.17 bits per heavy atom. The van der Waals surface area contributed by atoms with Crippen LogP contribution in [-0.2, 0) is 11.3 Å². The fraction of sp³-hybridized carbons (Fsp3) is 0.462. The van der Waals surface area contributed by atoms with E-state index in [1.165, 1.54) is 0 Å². The average Bonchev–Trinajstić information content (AvgIpc) is 2.23. The number of benzene rings is 1. The van der Waals surface area contributed by atoms with Gasteiger partial charge in [0.15, 0.2) is 0 Å². The van der Waals surface area contributed by atoms with E-state index >= 15 is 0 Å². The van der Waals surface area contributed by atoms with Crippen LogP contribution in [0, 0.1) is 0 Å². The van der Waals surface area contributed by atoms with Crippen LogP contribution in [0.1, 0.15) is 19.4 Å². The van der Waals surface area contributed by atoms with Crippen molar-refractivity contribution in [2.45, 2.75) is 26.4 Å². The minimum Gasteiger partial charge on any atom is -0.506 e. The summed E-state index contributed by atoms with van der Waals surface area (Å²) >= 11 is 5.82. The van der Waals surface area contributed by atoms with Crippen LogP contribution in [0.15, 0.2) is 18.2 Å². The van der Waals surface area contributed by atoms with Crippen LogP contribution in [-0.4, -0.2) is 35.5 Å². The van der Waals surface area contributed by atoms with E-state index in [0.29, 0.717) is 17.1 Å². The number of rotatable bonds is 5. The number of phenolic OH excluding ortho intramolecular Hbond substituents is 1. The molecule has 0 radical (unpaired) electrons. The summed E-state index contributed by atoms with van der Waals surface area (Å²) in [5.41, 5.74) is 0.711. The van der Waals surface area contributed by atoms with Gasteiger partial charge in [0.1, 0.15) is 5.75 Å². The van der Waals surface area contributed by atoms with Crippen molar-refractivity contribution >= 4 is 17.5 Å². The summed E-state index contributed by atoms with van der Waals surface area (Å²) in [6, 6.07) is 5.33. The van der Waals surface area contributed by atoms with E-state index in [9.17, 15) is 9.90 Å². The summed E-state index contributed by atoms with van der Waals surface area (Å²) in [4.78, 5) is 13.4. The zero-order valence-corrected chi connectivity index (χ0v) is 11.7. The summed E-state index contributed by atoms with van der Waals surface area (Å²) in [7, 11) is 1.82.